The van der Waals surface area contributed by atoms with E-state index in [1.807, 2.05) is 0 Å². The van der Waals surface area contributed by atoms with Crippen LogP contribution in [0.2, 0.25) is 0 Å². The average Bonchev–Trinajstić information content (AvgIpc) is 2.34. The monoisotopic (exact) mass is 323 g/mol. The molecule has 9 heteroatoms. The smallest absolute Gasteiger partial charge is 0.332 e. The van der Waals surface area contributed by atoms with E-state index >= 15 is 0 Å². The maximum Gasteiger partial charge on any atom is 0.332 e. The second-order valence-corrected chi connectivity index (χ2v) is 6.02. The van der Waals surface area contributed by atoms with E-state index in [0.717, 1.165) is 0 Å². The Labute approximate surface area is 123 Å². The van der Waals surface area contributed by atoms with Gasteiger partial charge >= 0.3 is 7.60 Å². The summed E-state index contributed by atoms with van der Waals surface area (Å²) in [4.78, 5) is 39.4. The summed E-state index contributed by atoms with van der Waals surface area (Å²) >= 11 is 0. The van der Waals surface area contributed by atoms with Crippen LogP contribution in [-0.2, 0) is 23.6 Å². The van der Waals surface area contributed by atoms with E-state index in [-0.39, 0.29) is 25.5 Å². The fourth-order valence-corrected chi connectivity index (χ4v) is 1.82. The van der Waals surface area contributed by atoms with Gasteiger partial charge in [0, 0.05) is 18.5 Å². The minimum Gasteiger partial charge on any atom is -0.379 e. The van der Waals surface area contributed by atoms with Gasteiger partial charge in [0.15, 0.2) is 0 Å². The Balaban J connectivity index is 3.37. The first kappa shape index (κ1) is 19.9. The van der Waals surface area contributed by atoms with Crippen molar-refractivity contribution in [2.24, 2.45) is 0 Å². The summed E-state index contributed by atoms with van der Waals surface area (Å²) in [6.45, 7) is 6.45. The number of hydrogen-bond donors (Lipinski definition) is 3. The van der Waals surface area contributed by atoms with E-state index in [1.165, 1.54) is 0 Å². The lowest BCUT2D eigenvalue weighted by molar-refractivity contribution is -0.118. The highest BCUT2D eigenvalue weighted by molar-refractivity contribution is 7.52. The second-order valence-electron chi connectivity index (χ2n) is 4.37. The molecule has 0 heterocycles. The summed E-state index contributed by atoms with van der Waals surface area (Å²) in [6, 6.07) is 0. The number of hydrogen-bond acceptors (Lipinski definition) is 5. The van der Waals surface area contributed by atoms with Crippen molar-refractivity contribution in [2.45, 2.75) is 13.3 Å². The molecule has 0 aliphatic rings. The molecule has 0 atom stereocenters. The normalized spacial score (nSPS) is 11.2. The van der Waals surface area contributed by atoms with Gasteiger partial charge in [0.1, 0.15) is 11.9 Å². The molecule has 0 rings (SSSR count). The molecule has 0 unspecified atom stereocenters. The second kappa shape index (κ2) is 10.6. The average molecular weight is 323 g/mol. The first-order valence-corrected chi connectivity index (χ1v) is 8.17. The maximum absolute atomic E-state index is 11.1. The zero-order chi connectivity index (χ0) is 16.3. The summed E-state index contributed by atoms with van der Waals surface area (Å²) < 4.78 is 20.8. The van der Waals surface area contributed by atoms with Crippen molar-refractivity contribution in [2.75, 3.05) is 39.1 Å². The molecule has 0 bridgehead atoms. The molecule has 0 radical (unpaired) electrons. The summed E-state index contributed by atoms with van der Waals surface area (Å²) in [5.41, 5.74) is 0.429. The van der Waals surface area contributed by atoms with Gasteiger partial charge in [-0.05, 0) is 6.92 Å². The molecule has 0 aromatic rings. The lowest BCUT2D eigenvalue weighted by Gasteiger charge is -2.07. The van der Waals surface area contributed by atoms with Gasteiger partial charge in [0.25, 0.3) is 0 Å². The van der Waals surface area contributed by atoms with Crippen molar-refractivity contribution in [1.82, 2.24) is 5.32 Å². The first-order chi connectivity index (χ1) is 9.72. The molecule has 0 saturated heterocycles. The van der Waals surface area contributed by atoms with E-state index in [1.54, 1.807) is 6.92 Å². The van der Waals surface area contributed by atoms with Crippen LogP contribution >= 0.6 is 7.60 Å². The zero-order valence-electron chi connectivity index (χ0n) is 12.0. The SMILES string of the molecule is C=C(C)C(=O)NCCOCCOCCC(=O)CP(=O)(O)O. The number of carbonyl (C=O) groups excluding carboxylic acids is 2. The molecule has 0 aromatic carbocycles. The van der Waals surface area contributed by atoms with Gasteiger partial charge in [-0.3, -0.25) is 14.2 Å². The third-order valence-corrected chi connectivity index (χ3v) is 2.96. The fourth-order valence-electron chi connectivity index (χ4n) is 1.20. The van der Waals surface area contributed by atoms with Crippen molar-refractivity contribution < 1.29 is 33.4 Å². The number of rotatable bonds is 12. The quantitative estimate of drug-likeness (QED) is 0.259. The number of ether oxygens (including phenoxy) is 2. The number of Topliss-reactive ketones (excluding diaryl/α,β-unsaturated/α-hetero) is 1. The van der Waals surface area contributed by atoms with Gasteiger partial charge in [0.05, 0.1) is 26.4 Å². The molecule has 0 saturated carbocycles. The zero-order valence-corrected chi connectivity index (χ0v) is 12.9. The van der Waals surface area contributed by atoms with Gasteiger partial charge in [-0.15, -0.1) is 0 Å². The largest absolute Gasteiger partial charge is 0.379 e. The summed E-state index contributed by atoms with van der Waals surface area (Å²) in [7, 11) is -4.28. The number of nitrogens with one attached hydrogen (secondary N) is 1. The molecule has 0 fully saturated rings. The number of ketones is 1. The molecular formula is C12H22NO7P. The van der Waals surface area contributed by atoms with E-state index in [4.69, 9.17) is 19.3 Å². The van der Waals surface area contributed by atoms with Crippen LogP contribution in [-0.4, -0.2) is 60.6 Å². The maximum atomic E-state index is 11.1. The van der Waals surface area contributed by atoms with Crippen molar-refractivity contribution in [1.29, 1.82) is 0 Å². The highest BCUT2D eigenvalue weighted by Crippen LogP contribution is 2.34. The van der Waals surface area contributed by atoms with Crippen molar-refractivity contribution >= 4 is 19.3 Å². The molecule has 0 aliphatic carbocycles. The molecule has 8 nitrogen and oxygen atoms in total. The Kier molecular flexibility index (Phi) is 10.1. The van der Waals surface area contributed by atoms with Crippen LogP contribution in [0.3, 0.4) is 0 Å². The van der Waals surface area contributed by atoms with Crippen molar-refractivity contribution in [3.8, 4) is 0 Å². The van der Waals surface area contributed by atoms with Crippen LogP contribution in [0.5, 0.6) is 0 Å². The standard InChI is InChI=1S/C12H22NO7P/c1-10(2)12(15)13-4-6-20-8-7-19-5-3-11(14)9-21(16,17)18/h1,3-9H2,2H3,(H,13,15)(H2,16,17,18). The lowest BCUT2D eigenvalue weighted by atomic mass is 10.3. The van der Waals surface area contributed by atoms with Crippen LogP contribution < -0.4 is 5.32 Å². The van der Waals surface area contributed by atoms with Crippen LogP contribution in [0.4, 0.5) is 0 Å². The molecule has 3 N–H and O–H groups in total. The summed E-state index contributed by atoms with van der Waals surface area (Å²) in [6.07, 6.45) is -0.797. The molecule has 1 amide bonds. The molecule has 0 spiro atoms. The van der Waals surface area contributed by atoms with Gasteiger partial charge in [0.2, 0.25) is 5.91 Å². The Morgan fingerprint density at radius 1 is 1.14 bits per heavy atom. The van der Waals surface area contributed by atoms with Crippen molar-refractivity contribution in [3.05, 3.63) is 12.2 Å². The number of amides is 1. The van der Waals surface area contributed by atoms with E-state index < -0.39 is 19.5 Å². The van der Waals surface area contributed by atoms with Gasteiger partial charge in [-0.2, -0.15) is 0 Å². The molecular weight excluding hydrogens is 301 g/mol. The van der Waals surface area contributed by atoms with E-state index in [2.05, 4.69) is 11.9 Å². The minimum atomic E-state index is -4.28. The molecule has 21 heavy (non-hydrogen) atoms. The molecule has 0 aromatic heterocycles. The lowest BCUT2D eigenvalue weighted by Crippen LogP contribution is -2.27. The van der Waals surface area contributed by atoms with Gasteiger partial charge < -0.3 is 24.6 Å². The first-order valence-electron chi connectivity index (χ1n) is 6.38. The van der Waals surface area contributed by atoms with E-state index in [0.29, 0.717) is 25.3 Å². The highest BCUT2D eigenvalue weighted by Gasteiger charge is 2.18. The van der Waals surface area contributed by atoms with Crippen molar-refractivity contribution in [3.63, 3.8) is 0 Å². The van der Waals surface area contributed by atoms with E-state index in [9.17, 15) is 14.2 Å². The topological polar surface area (TPSA) is 122 Å². The predicted octanol–water partition coefficient (Wildman–Crippen LogP) is -0.151. The van der Waals surface area contributed by atoms with Crippen LogP contribution in [0.1, 0.15) is 13.3 Å². The van der Waals surface area contributed by atoms with Crippen LogP contribution in [0, 0.1) is 0 Å². The third kappa shape index (κ3) is 13.7. The van der Waals surface area contributed by atoms with Gasteiger partial charge in [-0.1, -0.05) is 6.58 Å². The third-order valence-electron chi connectivity index (χ3n) is 2.20. The molecule has 122 valence electrons. The number of carbonyl (C=O) groups is 2. The summed E-state index contributed by atoms with van der Waals surface area (Å²) in [5, 5.41) is 2.60. The van der Waals surface area contributed by atoms with Crippen LogP contribution in [0.15, 0.2) is 12.2 Å². The fraction of sp³-hybridized carbons (Fsp3) is 0.667. The predicted molar refractivity (Wildman–Crippen MR) is 76.0 cm³/mol. The Hall–Kier alpha value is -1.05. The minimum absolute atomic E-state index is 0.0419. The Bertz CT molecular complexity index is 404. The van der Waals surface area contributed by atoms with Crippen LogP contribution in [0.25, 0.3) is 0 Å². The Morgan fingerprint density at radius 2 is 1.71 bits per heavy atom. The molecule has 0 aliphatic heterocycles. The summed E-state index contributed by atoms with van der Waals surface area (Å²) in [5.74, 6) is -0.759. The highest BCUT2D eigenvalue weighted by atomic mass is 31.2. The Morgan fingerprint density at radius 3 is 2.24 bits per heavy atom. The van der Waals surface area contributed by atoms with Gasteiger partial charge in [-0.25, -0.2) is 0 Å².